The van der Waals surface area contributed by atoms with Crippen LogP contribution in [0.1, 0.15) is 24.0 Å². The molecule has 0 aliphatic rings. The summed E-state index contributed by atoms with van der Waals surface area (Å²) in [6.45, 7) is 4.04. The number of hydrogen-bond donors (Lipinski definition) is 1. The van der Waals surface area contributed by atoms with Crippen LogP contribution < -0.4 is 14.4 Å². The number of anilines is 2. The fourth-order valence-electron chi connectivity index (χ4n) is 2.76. The number of hydrogen-bond acceptors (Lipinski definition) is 4. The van der Waals surface area contributed by atoms with Crippen LogP contribution in [0, 0.1) is 13.8 Å². The fourth-order valence-corrected chi connectivity index (χ4v) is 3.78. The SMILES string of the molecule is COc1cccc(NC(=O)CCCN(c2cc(C)ccc2C)S(C)(=O)=O)c1. The van der Waals surface area contributed by atoms with Gasteiger partial charge in [-0.3, -0.25) is 9.10 Å². The number of aryl methyl sites for hydroxylation is 2. The number of methoxy groups -OCH3 is 1. The molecule has 2 aromatic rings. The van der Waals surface area contributed by atoms with E-state index >= 15 is 0 Å². The molecule has 0 radical (unpaired) electrons. The molecule has 0 atom stereocenters. The van der Waals surface area contributed by atoms with Gasteiger partial charge in [-0.1, -0.05) is 18.2 Å². The minimum atomic E-state index is -3.44. The lowest BCUT2D eigenvalue weighted by Crippen LogP contribution is -2.32. The van der Waals surface area contributed by atoms with Crippen molar-refractivity contribution in [2.45, 2.75) is 26.7 Å². The molecule has 27 heavy (non-hydrogen) atoms. The average Bonchev–Trinajstić information content (AvgIpc) is 2.60. The summed E-state index contributed by atoms with van der Waals surface area (Å²) in [7, 11) is -1.87. The van der Waals surface area contributed by atoms with E-state index in [0.717, 1.165) is 11.1 Å². The van der Waals surface area contributed by atoms with Crippen molar-refractivity contribution in [3.05, 3.63) is 53.6 Å². The third-order valence-corrected chi connectivity index (χ3v) is 5.33. The summed E-state index contributed by atoms with van der Waals surface area (Å²) in [4.78, 5) is 12.2. The summed E-state index contributed by atoms with van der Waals surface area (Å²) in [5, 5.41) is 2.80. The summed E-state index contributed by atoms with van der Waals surface area (Å²) in [6, 6.07) is 12.8. The van der Waals surface area contributed by atoms with Gasteiger partial charge in [0.1, 0.15) is 5.75 Å². The number of nitrogens with one attached hydrogen (secondary N) is 1. The number of nitrogens with zero attached hydrogens (tertiary/aromatic N) is 1. The highest BCUT2D eigenvalue weighted by molar-refractivity contribution is 7.92. The summed E-state index contributed by atoms with van der Waals surface area (Å²) in [6.07, 6.45) is 1.81. The molecule has 1 N–H and O–H groups in total. The van der Waals surface area contributed by atoms with Crippen molar-refractivity contribution in [2.75, 3.05) is 29.5 Å². The van der Waals surface area contributed by atoms with Crippen LogP contribution in [-0.2, 0) is 14.8 Å². The van der Waals surface area contributed by atoms with Crippen LogP contribution in [0.5, 0.6) is 5.75 Å². The Morgan fingerprint density at radius 2 is 1.89 bits per heavy atom. The van der Waals surface area contributed by atoms with Crippen LogP contribution in [0.2, 0.25) is 0 Å². The van der Waals surface area contributed by atoms with Gasteiger partial charge in [0.25, 0.3) is 0 Å². The molecule has 0 aliphatic heterocycles. The van der Waals surface area contributed by atoms with Crippen LogP contribution in [0.4, 0.5) is 11.4 Å². The smallest absolute Gasteiger partial charge is 0.232 e. The van der Waals surface area contributed by atoms with Gasteiger partial charge in [-0.15, -0.1) is 0 Å². The zero-order valence-corrected chi connectivity index (χ0v) is 17.0. The molecule has 0 aliphatic carbocycles. The number of benzene rings is 2. The second-order valence-electron chi connectivity index (χ2n) is 6.51. The van der Waals surface area contributed by atoms with E-state index in [-0.39, 0.29) is 18.9 Å². The van der Waals surface area contributed by atoms with Gasteiger partial charge in [-0.2, -0.15) is 0 Å². The third kappa shape index (κ3) is 5.99. The fraction of sp³-hybridized carbons (Fsp3) is 0.350. The van der Waals surface area contributed by atoms with Gasteiger partial charge in [-0.25, -0.2) is 8.42 Å². The van der Waals surface area contributed by atoms with Gasteiger partial charge >= 0.3 is 0 Å². The van der Waals surface area contributed by atoms with Crippen LogP contribution in [0.15, 0.2) is 42.5 Å². The molecule has 7 heteroatoms. The molecule has 2 aromatic carbocycles. The summed E-state index contributed by atoms with van der Waals surface area (Å²) in [5.41, 5.74) is 3.17. The molecule has 6 nitrogen and oxygen atoms in total. The lowest BCUT2D eigenvalue weighted by molar-refractivity contribution is -0.116. The summed E-state index contributed by atoms with van der Waals surface area (Å²) in [5.74, 6) is 0.489. The van der Waals surface area contributed by atoms with Crippen molar-refractivity contribution in [1.82, 2.24) is 0 Å². The van der Waals surface area contributed by atoms with Crippen molar-refractivity contribution >= 4 is 27.3 Å². The first-order valence-electron chi connectivity index (χ1n) is 8.69. The quantitative estimate of drug-likeness (QED) is 0.749. The summed E-state index contributed by atoms with van der Waals surface area (Å²) < 4.78 is 31.0. The Morgan fingerprint density at radius 3 is 2.56 bits per heavy atom. The molecule has 0 unspecified atom stereocenters. The number of rotatable bonds is 8. The van der Waals surface area contributed by atoms with E-state index in [4.69, 9.17) is 4.74 Å². The number of carbonyl (C=O) groups is 1. The Morgan fingerprint density at radius 1 is 1.15 bits per heavy atom. The molecule has 0 saturated heterocycles. The maximum atomic E-state index is 12.2. The van der Waals surface area contributed by atoms with Crippen molar-refractivity contribution in [3.63, 3.8) is 0 Å². The van der Waals surface area contributed by atoms with Crippen LogP contribution in [0.3, 0.4) is 0 Å². The molecule has 2 rings (SSSR count). The Balaban J connectivity index is 2.01. The van der Waals surface area contributed by atoms with Crippen LogP contribution in [-0.4, -0.2) is 34.2 Å². The lowest BCUT2D eigenvalue weighted by atomic mass is 10.1. The molecule has 0 aromatic heterocycles. The average molecular weight is 391 g/mol. The number of sulfonamides is 1. The maximum Gasteiger partial charge on any atom is 0.232 e. The zero-order chi connectivity index (χ0) is 20.0. The number of carbonyl (C=O) groups excluding carboxylic acids is 1. The molecular formula is C20H26N2O4S. The van der Waals surface area contributed by atoms with E-state index < -0.39 is 10.0 Å². The van der Waals surface area contributed by atoms with Gasteiger partial charge < -0.3 is 10.1 Å². The molecule has 1 amide bonds. The molecule has 146 valence electrons. The van der Waals surface area contributed by atoms with Crippen LogP contribution >= 0.6 is 0 Å². The molecule has 0 fully saturated rings. The first-order chi connectivity index (χ1) is 12.7. The van der Waals surface area contributed by atoms with Gasteiger partial charge in [0, 0.05) is 24.7 Å². The minimum absolute atomic E-state index is 0.169. The Hall–Kier alpha value is -2.54. The molecular weight excluding hydrogens is 364 g/mol. The van der Waals surface area contributed by atoms with E-state index in [0.29, 0.717) is 23.5 Å². The van der Waals surface area contributed by atoms with E-state index in [2.05, 4.69) is 5.32 Å². The van der Waals surface area contributed by atoms with Crippen molar-refractivity contribution in [1.29, 1.82) is 0 Å². The van der Waals surface area contributed by atoms with E-state index in [1.54, 1.807) is 31.4 Å². The number of ether oxygens (including phenoxy) is 1. The second kappa shape index (κ2) is 8.90. The highest BCUT2D eigenvalue weighted by atomic mass is 32.2. The highest BCUT2D eigenvalue weighted by Gasteiger charge is 2.19. The molecule has 0 heterocycles. The number of amides is 1. The topological polar surface area (TPSA) is 75.7 Å². The van der Waals surface area contributed by atoms with Crippen molar-refractivity contribution in [3.8, 4) is 5.75 Å². The van der Waals surface area contributed by atoms with Gasteiger partial charge in [0.05, 0.1) is 19.1 Å². The predicted molar refractivity (Wildman–Crippen MR) is 109 cm³/mol. The molecule has 0 spiro atoms. The summed E-state index contributed by atoms with van der Waals surface area (Å²) >= 11 is 0. The third-order valence-electron chi connectivity index (χ3n) is 4.15. The second-order valence-corrected chi connectivity index (χ2v) is 8.42. The highest BCUT2D eigenvalue weighted by Crippen LogP contribution is 2.24. The van der Waals surface area contributed by atoms with Gasteiger partial charge in [0.2, 0.25) is 15.9 Å². The normalized spacial score (nSPS) is 11.1. The van der Waals surface area contributed by atoms with Crippen molar-refractivity contribution in [2.24, 2.45) is 0 Å². The first-order valence-corrected chi connectivity index (χ1v) is 10.5. The lowest BCUT2D eigenvalue weighted by Gasteiger charge is -2.24. The minimum Gasteiger partial charge on any atom is -0.497 e. The predicted octanol–water partition coefficient (Wildman–Crippen LogP) is 3.50. The molecule has 0 saturated carbocycles. The van der Waals surface area contributed by atoms with Crippen LogP contribution in [0.25, 0.3) is 0 Å². The largest absolute Gasteiger partial charge is 0.497 e. The monoisotopic (exact) mass is 390 g/mol. The van der Waals surface area contributed by atoms with Gasteiger partial charge in [-0.05, 0) is 49.6 Å². The van der Waals surface area contributed by atoms with E-state index in [9.17, 15) is 13.2 Å². The van der Waals surface area contributed by atoms with Crippen molar-refractivity contribution < 1.29 is 17.9 Å². The van der Waals surface area contributed by atoms with Gasteiger partial charge in [0.15, 0.2) is 0 Å². The zero-order valence-electron chi connectivity index (χ0n) is 16.2. The van der Waals surface area contributed by atoms with E-state index in [1.165, 1.54) is 10.6 Å². The van der Waals surface area contributed by atoms with E-state index in [1.807, 2.05) is 32.0 Å². The molecule has 0 bridgehead atoms. The first kappa shape index (κ1) is 20.8. The Labute approximate surface area is 161 Å². The standard InChI is InChI=1S/C20H26N2O4S/c1-15-10-11-16(2)19(13-15)22(27(4,24)25)12-6-9-20(23)21-17-7-5-8-18(14-17)26-3/h5,7-8,10-11,13-14H,6,9,12H2,1-4H3,(H,21,23). The maximum absolute atomic E-state index is 12.2. The Bertz CT molecular complexity index is 910. The Kier molecular flexibility index (Phi) is 6.85.